The van der Waals surface area contributed by atoms with E-state index in [0.29, 0.717) is 24.5 Å². The zero-order chi connectivity index (χ0) is 17.1. The summed E-state index contributed by atoms with van der Waals surface area (Å²) in [6.07, 6.45) is 0. The molecule has 24 heavy (non-hydrogen) atoms. The zero-order valence-corrected chi connectivity index (χ0v) is 14.4. The normalized spacial score (nSPS) is 10.8. The van der Waals surface area contributed by atoms with Crippen molar-refractivity contribution in [3.8, 4) is 16.3 Å². The van der Waals surface area contributed by atoms with E-state index < -0.39 is 0 Å². The maximum Gasteiger partial charge on any atom is 0.272 e. The highest BCUT2D eigenvalue weighted by Gasteiger charge is 2.21. The quantitative estimate of drug-likeness (QED) is 0.695. The van der Waals surface area contributed by atoms with E-state index >= 15 is 0 Å². The van der Waals surface area contributed by atoms with E-state index in [0.717, 1.165) is 10.6 Å². The number of carbonyl (C=O) groups excluding carboxylic acids is 1. The van der Waals surface area contributed by atoms with Crippen LogP contribution in [0.4, 0.5) is 4.39 Å². The van der Waals surface area contributed by atoms with E-state index in [1.807, 2.05) is 31.4 Å². The standard InChI is InChI=1S/C18H18FN3OS/c1-3-21(4-2)18(23)16-12-15(17-6-5-11-24-17)20-22(16)14-9-7-13(19)8-10-14/h5-12H,3-4H2,1-2H3. The van der Waals surface area contributed by atoms with Crippen molar-refractivity contribution in [1.29, 1.82) is 0 Å². The molecule has 0 saturated carbocycles. The van der Waals surface area contributed by atoms with Crippen molar-refractivity contribution in [3.05, 3.63) is 59.4 Å². The van der Waals surface area contributed by atoms with Crippen LogP contribution in [0.3, 0.4) is 0 Å². The summed E-state index contributed by atoms with van der Waals surface area (Å²) in [6.45, 7) is 5.14. The molecule has 0 unspecified atom stereocenters. The van der Waals surface area contributed by atoms with Crippen molar-refractivity contribution in [3.63, 3.8) is 0 Å². The maximum atomic E-state index is 13.2. The van der Waals surface area contributed by atoms with Crippen molar-refractivity contribution in [2.45, 2.75) is 13.8 Å². The smallest absolute Gasteiger partial charge is 0.272 e. The number of carbonyl (C=O) groups is 1. The topological polar surface area (TPSA) is 38.1 Å². The minimum absolute atomic E-state index is 0.0837. The lowest BCUT2D eigenvalue weighted by Gasteiger charge is -2.19. The largest absolute Gasteiger partial charge is 0.338 e. The highest BCUT2D eigenvalue weighted by molar-refractivity contribution is 7.13. The second kappa shape index (κ2) is 6.97. The molecule has 4 nitrogen and oxygen atoms in total. The Bertz CT molecular complexity index is 821. The number of benzene rings is 1. The Morgan fingerprint density at radius 2 is 1.92 bits per heavy atom. The summed E-state index contributed by atoms with van der Waals surface area (Å²) in [5.74, 6) is -0.402. The number of thiophene rings is 1. The summed E-state index contributed by atoms with van der Waals surface area (Å²) in [5, 5.41) is 6.55. The van der Waals surface area contributed by atoms with Gasteiger partial charge in [-0.15, -0.1) is 11.3 Å². The van der Waals surface area contributed by atoms with Gasteiger partial charge in [0, 0.05) is 13.1 Å². The molecule has 0 saturated heterocycles. The molecule has 0 fully saturated rings. The third-order valence-corrected chi connectivity index (χ3v) is 4.72. The van der Waals surface area contributed by atoms with Gasteiger partial charge in [-0.05, 0) is 55.6 Å². The van der Waals surface area contributed by atoms with Crippen LogP contribution in [0, 0.1) is 5.82 Å². The average Bonchev–Trinajstić information content (AvgIpc) is 3.26. The summed E-state index contributed by atoms with van der Waals surface area (Å²) in [5.41, 5.74) is 1.88. The van der Waals surface area contributed by atoms with Gasteiger partial charge >= 0.3 is 0 Å². The van der Waals surface area contributed by atoms with Crippen LogP contribution >= 0.6 is 11.3 Å². The van der Waals surface area contributed by atoms with Crippen LogP contribution in [0.15, 0.2) is 47.8 Å². The van der Waals surface area contributed by atoms with Gasteiger partial charge in [0.05, 0.1) is 10.6 Å². The summed E-state index contributed by atoms with van der Waals surface area (Å²) in [7, 11) is 0. The average molecular weight is 343 g/mol. The minimum Gasteiger partial charge on any atom is -0.338 e. The lowest BCUT2D eigenvalue weighted by Crippen LogP contribution is -2.32. The van der Waals surface area contributed by atoms with Crippen LogP contribution in [0.5, 0.6) is 0 Å². The Hall–Kier alpha value is -2.47. The van der Waals surface area contributed by atoms with Gasteiger partial charge in [0.2, 0.25) is 0 Å². The fraction of sp³-hybridized carbons (Fsp3) is 0.222. The first-order valence-corrected chi connectivity index (χ1v) is 8.71. The van der Waals surface area contributed by atoms with E-state index in [2.05, 4.69) is 5.10 Å². The molecule has 0 aliphatic heterocycles. The number of halogens is 1. The predicted octanol–water partition coefficient (Wildman–Crippen LogP) is 4.22. The molecule has 2 aromatic heterocycles. The molecular weight excluding hydrogens is 325 g/mol. The second-order valence-corrected chi connectivity index (χ2v) is 6.21. The van der Waals surface area contributed by atoms with E-state index in [-0.39, 0.29) is 11.7 Å². The Kier molecular flexibility index (Phi) is 4.76. The number of hydrogen-bond acceptors (Lipinski definition) is 3. The Morgan fingerprint density at radius 1 is 1.21 bits per heavy atom. The summed E-state index contributed by atoms with van der Waals surface area (Å²) < 4.78 is 14.8. The summed E-state index contributed by atoms with van der Waals surface area (Å²) in [6, 6.07) is 11.7. The molecule has 0 atom stereocenters. The predicted molar refractivity (Wildman–Crippen MR) is 94.1 cm³/mol. The molecule has 1 amide bonds. The highest BCUT2D eigenvalue weighted by Crippen LogP contribution is 2.26. The van der Waals surface area contributed by atoms with E-state index in [4.69, 9.17) is 0 Å². The monoisotopic (exact) mass is 343 g/mol. The van der Waals surface area contributed by atoms with Crippen LogP contribution in [0.25, 0.3) is 16.3 Å². The van der Waals surface area contributed by atoms with Crippen molar-refractivity contribution in [2.75, 3.05) is 13.1 Å². The van der Waals surface area contributed by atoms with Crippen molar-refractivity contribution in [2.24, 2.45) is 0 Å². The highest BCUT2D eigenvalue weighted by atomic mass is 32.1. The van der Waals surface area contributed by atoms with Gasteiger partial charge in [-0.3, -0.25) is 4.79 Å². The lowest BCUT2D eigenvalue weighted by atomic mass is 10.2. The number of aromatic nitrogens is 2. The van der Waals surface area contributed by atoms with E-state index in [9.17, 15) is 9.18 Å². The second-order valence-electron chi connectivity index (χ2n) is 5.26. The van der Waals surface area contributed by atoms with Crippen LogP contribution in [0.1, 0.15) is 24.3 Å². The van der Waals surface area contributed by atoms with Crippen molar-refractivity contribution >= 4 is 17.2 Å². The molecule has 3 rings (SSSR count). The Labute approximate surface area is 144 Å². The summed E-state index contributed by atoms with van der Waals surface area (Å²) in [4.78, 5) is 15.6. The molecule has 2 heterocycles. The molecule has 0 aliphatic rings. The molecule has 0 spiro atoms. The van der Waals surface area contributed by atoms with Crippen LogP contribution in [-0.2, 0) is 0 Å². The van der Waals surface area contributed by atoms with E-state index in [1.54, 1.807) is 39.1 Å². The van der Waals surface area contributed by atoms with Gasteiger partial charge in [-0.2, -0.15) is 5.10 Å². The third-order valence-electron chi connectivity index (χ3n) is 3.82. The minimum atomic E-state index is -0.319. The molecule has 0 N–H and O–H groups in total. The maximum absolute atomic E-state index is 13.2. The molecule has 6 heteroatoms. The Morgan fingerprint density at radius 3 is 2.50 bits per heavy atom. The van der Waals surface area contributed by atoms with Gasteiger partial charge in [0.25, 0.3) is 5.91 Å². The number of rotatable bonds is 5. The SMILES string of the molecule is CCN(CC)C(=O)c1cc(-c2cccs2)nn1-c1ccc(F)cc1. The first kappa shape index (κ1) is 16.4. The van der Waals surface area contributed by atoms with Gasteiger partial charge in [0.15, 0.2) is 0 Å². The number of nitrogens with zero attached hydrogens (tertiary/aromatic N) is 3. The van der Waals surface area contributed by atoms with Gasteiger partial charge < -0.3 is 4.90 Å². The number of hydrogen-bond donors (Lipinski definition) is 0. The Balaban J connectivity index is 2.11. The first-order chi connectivity index (χ1) is 11.6. The summed E-state index contributed by atoms with van der Waals surface area (Å²) >= 11 is 1.57. The van der Waals surface area contributed by atoms with Gasteiger partial charge in [-0.25, -0.2) is 9.07 Å². The molecule has 0 bridgehead atoms. The molecule has 0 radical (unpaired) electrons. The van der Waals surface area contributed by atoms with Gasteiger partial charge in [-0.1, -0.05) is 6.07 Å². The molecule has 0 aliphatic carbocycles. The third kappa shape index (κ3) is 3.10. The van der Waals surface area contributed by atoms with Gasteiger partial charge in [0.1, 0.15) is 17.2 Å². The van der Waals surface area contributed by atoms with Crippen LogP contribution in [-0.4, -0.2) is 33.7 Å². The van der Waals surface area contributed by atoms with Crippen LogP contribution in [0.2, 0.25) is 0 Å². The molecule has 3 aromatic rings. The zero-order valence-electron chi connectivity index (χ0n) is 13.6. The van der Waals surface area contributed by atoms with Crippen molar-refractivity contribution in [1.82, 2.24) is 14.7 Å². The fourth-order valence-corrected chi connectivity index (χ4v) is 3.21. The number of amides is 1. The molecule has 1 aromatic carbocycles. The molecular formula is C18H18FN3OS. The first-order valence-electron chi connectivity index (χ1n) is 7.83. The lowest BCUT2D eigenvalue weighted by molar-refractivity contribution is 0.0764. The van der Waals surface area contributed by atoms with Crippen LogP contribution < -0.4 is 0 Å². The van der Waals surface area contributed by atoms with Crippen molar-refractivity contribution < 1.29 is 9.18 Å². The molecule has 124 valence electrons. The fourth-order valence-electron chi connectivity index (χ4n) is 2.53. The van der Waals surface area contributed by atoms with E-state index in [1.165, 1.54) is 12.1 Å².